The SMILES string of the molecule is CCOC(=O)C1CC(/C=C/C2=[N+](CCCCS(=O)(=O)[O-])c3ccc4ccccc4c3C2(C)C)=C(Sc2ccc(N)cc2)C(=C/C=C2/N(CCCCS(=O)(=O)O)c3ccc4ccccc4c3C2(C)C)/C1. The topological polar surface area (TPSA) is 170 Å². The van der Waals surface area contributed by atoms with Crippen LogP contribution in [0.4, 0.5) is 17.1 Å². The molecule has 1 unspecified atom stereocenters. The molecule has 362 valence electrons. The predicted molar refractivity (Wildman–Crippen MR) is 279 cm³/mol. The van der Waals surface area contributed by atoms with E-state index in [1.54, 1.807) is 11.8 Å². The molecule has 3 N–H and O–H groups in total. The van der Waals surface area contributed by atoms with Gasteiger partial charge in [-0.25, -0.2) is 8.42 Å². The summed E-state index contributed by atoms with van der Waals surface area (Å²) in [5.74, 6) is -1.50. The Labute approximate surface area is 411 Å². The maximum absolute atomic E-state index is 13.9. The van der Waals surface area contributed by atoms with Crippen LogP contribution in [0.2, 0.25) is 0 Å². The number of nitrogens with zero attached hydrogens (tertiary/aromatic N) is 2. The van der Waals surface area contributed by atoms with Gasteiger partial charge >= 0.3 is 5.97 Å². The maximum atomic E-state index is 13.9. The van der Waals surface area contributed by atoms with E-state index in [9.17, 15) is 30.7 Å². The van der Waals surface area contributed by atoms with Gasteiger partial charge in [0.2, 0.25) is 5.69 Å². The number of thioether (sulfide) groups is 1. The number of ether oxygens (including phenoxy) is 1. The van der Waals surface area contributed by atoms with E-state index in [2.05, 4.69) is 110 Å². The number of hydrogen-bond acceptors (Lipinski definition) is 10. The first-order chi connectivity index (χ1) is 32.8. The van der Waals surface area contributed by atoms with Crippen molar-refractivity contribution < 1.29 is 40.0 Å². The molecule has 14 heteroatoms. The average molecular weight is 988 g/mol. The van der Waals surface area contributed by atoms with E-state index < -0.39 is 42.7 Å². The van der Waals surface area contributed by atoms with Crippen LogP contribution in [-0.2, 0) is 40.6 Å². The third-order valence-electron chi connectivity index (χ3n) is 13.7. The van der Waals surface area contributed by atoms with Gasteiger partial charge in [0.25, 0.3) is 10.1 Å². The molecule has 5 aromatic carbocycles. The Morgan fingerprint density at radius 3 is 2.13 bits per heavy atom. The highest BCUT2D eigenvalue weighted by molar-refractivity contribution is 8.03. The van der Waals surface area contributed by atoms with Gasteiger partial charge in [-0.2, -0.15) is 13.0 Å². The van der Waals surface area contributed by atoms with E-state index in [1.165, 1.54) is 5.56 Å². The molecule has 0 amide bonds. The number of rotatable bonds is 17. The van der Waals surface area contributed by atoms with Crippen LogP contribution in [0.1, 0.15) is 84.3 Å². The molecule has 2 heterocycles. The summed E-state index contributed by atoms with van der Waals surface area (Å²) in [6.45, 7) is 11.9. The Balaban J connectivity index is 1.29. The van der Waals surface area contributed by atoms with Crippen LogP contribution in [-0.4, -0.2) is 73.4 Å². The molecular weight excluding hydrogens is 927 g/mol. The standard InChI is InChI=1S/C55H61N3O8S3/c1-6-66-53(59)41-35-39(21-29-48-54(2,3)50-44-17-9-7-15-37(44)19-27-46(50)57(48)31-11-13-33-68(60,61)62)52(67-43-25-23-42(56)24-26-43)40(36-41)22-30-49-55(4,5)51-45-18-10-8-16-38(45)20-28-47(51)58(49)32-12-14-34-69(63,64)65/h7-10,15-30,41H,6,11-14,31-36,56H2,1-5H3,(H-,60,61,62,63,64,65). The summed E-state index contributed by atoms with van der Waals surface area (Å²) in [6, 6.07) is 32.9. The molecule has 8 rings (SSSR count). The van der Waals surface area contributed by atoms with Gasteiger partial charge in [-0.15, -0.1) is 0 Å². The van der Waals surface area contributed by atoms with Gasteiger partial charge in [0.1, 0.15) is 6.54 Å². The highest BCUT2D eigenvalue weighted by Gasteiger charge is 2.46. The molecule has 69 heavy (non-hydrogen) atoms. The number of allylic oxidation sites excluding steroid dienone is 7. The first kappa shape index (κ1) is 49.9. The number of carbonyl (C=O) groups excluding carboxylic acids is 1. The van der Waals surface area contributed by atoms with Gasteiger partial charge in [0.05, 0.1) is 33.8 Å². The molecule has 1 aliphatic carbocycles. The third kappa shape index (κ3) is 10.8. The van der Waals surface area contributed by atoms with Gasteiger partial charge in [0, 0.05) is 68.7 Å². The van der Waals surface area contributed by atoms with Crippen LogP contribution in [0.15, 0.2) is 148 Å². The number of carbonyl (C=O) groups is 1. The number of nitrogen functional groups attached to an aromatic ring is 1. The molecule has 0 aromatic heterocycles. The lowest BCUT2D eigenvalue weighted by atomic mass is 9.78. The maximum Gasteiger partial charge on any atom is 0.309 e. The van der Waals surface area contributed by atoms with Crippen molar-refractivity contribution in [3.05, 3.63) is 154 Å². The van der Waals surface area contributed by atoms with Crippen molar-refractivity contribution in [1.29, 1.82) is 0 Å². The summed E-state index contributed by atoms with van der Waals surface area (Å²) < 4.78 is 75.9. The van der Waals surface area contributed by atoms with Crippen molar-refractivity contribution in [2.75, 3.05) is 41.8 Å². The Bertz CT molecular complexity index is 3200. The molecular formula is C55H61N3O8S3. The van der Waals surface area contributed by atoms with Gasteiger partial charge < -0.3 is 19.9 Å². The fourth-order valence-electron chi connectivity index (χ4n) is 10.5. The van der Waals surface area contributed by atoms with E-state index in [0.717, 1.165) is 70.8 Å². The zero-order valence-electron chi connectivity index (χ0n) is 39.9. The second-order valence-electron chi connectivity index (χ2n) is 19.2. The molecule has 3 aliphatic rings. The van der Waals surface area contributed by atoms with Crippen molar-refractivity contribution >= 4 is 82.3 Å². The van der Waals surface area contributed by atoms with Crippen LogP contribution in [0.5, 0.6) is 0 Å². The predicted octanol–water partition coefficient (Wildman–Crippen LogP) is 11.1. The Kier molecular flexibility index (Phi) is 14.5. The smallest absolute Gasteiger partial charge is 0.309 e. The van der Waals surface area contributed by atoms with Gasteiger partial charge in [-0.1, -0.05) is 92.4 Å². The quantitative estimate of drug-likeness (QED) is 0.0299. The third-order valence-corrected chi connectivity index (χ3v) is 16.5. The Hall–Kier alpha value is -5.51. The van der Waals surface area contributed by atoms with E-state index in [4.69, 9.17) is 10.5 Å². The minimum absolute atomic E-state index is 0.237. The number of esters is 1. The Morgan fingerprint density at radius 2 is 1.46 bits per heavy atom. The number of nitrogens with two attached hydrogens (primary N) is 1. The number of hydrogen-bond donors (Lipinski definition) is 2. The van der Waals surface area contributed by atoms with Crippen LogP contribution >= 0.6 is 11.8 Å². The lowest BCUT2D eigenvalue weighted by Crippen LogP contribution is -2.28. The number of fused-ring (bicyclic) bond motifs is 6. The lowest BCUT2D eigenvalue weighted by Gasteiger charge is -2.29. The van der Waals surface area contributed by atoms with E-state index in [-0.39, 0.29) is 24.7 Å². The zero-order chi connectivity index (χ0) is 49.3. The molecule has 2 aliphatic heterocycles. The highest BCUT2D eigenvalue weighted by Crippen LogP contribution is 2.52. The fourth-order valence-corrected chi connectivity index (χ4v) is 12.7. The van der Waals surface area contributed by atoms with E-state index in [1.807, 2.05) is 55.5 Å². The summed E-state index contributed by atoms with van der Waals surface area (Å²) in [4.78, 5) is 18.2. The van der Waals surface area contributed by atoms with Crippen molar-refractivity contribution in [3.8, 4) is 0 Å². The first-order valence-corrected chi connectivity index (χ1v) is 27.7. The molecule has 5 aromatic rings. The Morgan fingerprint density at radius 1 is 0.812 bits per heavy atom. The average Bonchev–Trinajstić information content (AvgIpc) is 3.66. The van der Waals surface area contributed by atoms with Crippen LogP contribution < -0.4 is 10.6 Å². The normalized spacial score (nSPS) is 19.1. The number of benzene rings is 5. The summed E-state index contributed by atoms with van der Waals surface area (Å²) in [6.07, 6.45) is 11.0. The molecule has 0 bridgehead atoms. The monoisotopic (exact) mass is 987 g/mol. The summed E-state index contributed by atoms with van der Waals surface area (Å²) in [5.41, 5.74) is 14.2. The number of anilines is 2. The largest absolute Gasteiger partial charge is 0.748 e. The second-order valence-corrected chi connectivity index (χ2v) is 23.4. The van der Waals surface area contributed by atoms with Crippen LogP contribution in [0.3, 0.4) is 0 Å². The molecule has 0 spiro atoms. The molecule has 0 saturated heterocycles. The van der Waals surface area contributed by atoms with Crippen LogP contribution in [0.25, 0.3) is 21.5 Å². The van der Waals surface area contributed by atoms with Gasteiger partial charge in [-0.05, 0) is 134 Å². The molecule has 11 nitrogen and oxygen atoms in total. The van der Waals surface area contributed by atoms with E-state index in [0.29, 0.717) is 50.9 Å². The second kappa shape index (κ2) is 20.1. The minimum atomic E-state index is -4.36. The van der Waals surface area contributed by atoms with Gasteiger partial charge in [-0.3, -0.25) is 9.35 Å². The van der Waals surface area contributed by atoms with Crippen molar-refractivity contribution in [1.82, 2.24) is 0 Å². The zero-order valence-corrected chi connectivity index (χ0v) is 42.4. The van der Waals surface area contributed by atoms with Crippen molar-refractivity contribution in [3.63, 3.8) is 0 Å². The minimum Gasteiger partial charge on any atom is -0.748 e. The summed E-state index contributed by atoms with van der Waals surface area (Å²) in [7, 11) is -8.48. The van der Waals surface area contributed by atoms with Crippen molar-refractivity contribution in [2.45, 2.75) is 88.9 Å². The van der Waals surface area contributed by atoms with E-state index >= 15 is 0 Å². The lowest BCUT2D eigenvalue weighted by molar-refractivity contribution is -0.438. The van der Waals surface area contributed by atoms with Crippen molar-refractivity contribution in [2.24, 2.45) is 5.92 Å². The number of unbranched alkanes of at least 4 members (excludes halogenated alkanes) is 2. The molecule has 0 radical (unpaired) electrons. The van der Waals surface area contributed by atoms with Crippen LogP contribution in [0, 0.1) is 5.92 Å². The molecule has 1 atom stereocenters. The summed E-state index contributed by atoms with van der Waals surface area (Å²) >= 11 is 1.62. The molecule has 0 fully saturated rings. The fraction of sp³-hybridized carbons (Fsp3) is 0.345. The van der Waals surface area contributed by atoms with Gasteiger partial charge in [0.15, 0.2) is 5.71 Å². The highest BCUT2D eigenvalue weighted by atomic mass is 32.2. The summed E-state index contributed by atoms with van der Waals surface area (Å²) in [5, 5.41) is 4.50. The first-order valence-electron chi connectivity index (χ1n) is 23.7. The molecule has 0 saturated carbocycles.